The van der Waals surface area contributed by atoms with Gasteiger partial charge in [-0.05, 0) is 36.2 Å². The van der Waals surface area contributed by atoms with E-state index in [2.05, 4.69) is 29.6 Å². The lowest BCUT2D eigenvalue weighted by Gasteiger charge is -2.05. The van der Waals surface area contributed by atoms with Crippen LogP contribution in [-0.4, -0.2) is 13.1 Å². The van der Waals surface area contributed by atoms with Gasteiger partial charge in [0.2, 0.25) is 0 Å². The molecule has 0 fully saturated rings. The van der Waals surface area contributed by atoms with Crippen LogP contribution in [0.2, 0.25) is 10.0 Å². The average molecular weight is 343 g/mol. The Morgan fingerprint density at radius 1 is 1.00 bits per heavy atom. The largest absolute Gasteiger partial charge is 0.313 e. The number of nitrogens with one attached hydrogen (secondary N) is 1. The molecule has 0 spiro atoms. The van der Waals surface area contributed by atoms with Gasteiger partial charge in [-0.2, -0.15) is 0 Å². The average Bonchev–Trinajstić information content (AvgIpc) is 2.46. The molecule has 0 aliphatic rings. The number of hydrogen-bond acceptors (Lipinski definition) is 1. The van der Waals surface area contributed by atoms with Crippen LogP contribution < -0.4 is 5.32 Å². The van der Waals surface area contributed by atoms with Crippen LogP contribution in [0, 0.1) is 0 Å². The minimum Gasteiger partial charge on any atom is -0.313 e. The topological polar surface area (TPSA) is 12.0 Å². The van der Waals surface area contributed by atoms with Crippen LogP contribution in [0.3, 0.4) is 0 Å². The molecule has 0 aliphatic heterocycles. The molecule has 0 amide bonds. The Morgan fingerprint density at radius 3 is 2.48 bits per heavy atom. The first-order valence-electron chi connectivity index (χ1n) is 6.62. The number of benzene rings is 2. The molecule has 2 aromatic rings. The zero-order valence-corrected chi connectivity index (χ0v) is 13.9. The maximum Gasteiger partial charge on any atom is 0.0453 e. The van der Waals surface area contributed by atoms with E-state index in [1.165, 1.54) is 5.56 Å². The summed E-state index contributed by atoms with van der Waals surface area (Å²) in [6, 6.07) is 15.9. The van der Waals surface area contributed by atoms with Gasteiger partial charge in [-0.15, -0.1) is 12.4 Å². The molecular formula is C17H18Cl3N. The van der Waals surface area contributed by atoms with Crippen molar-refractivity contribution < 1.29 is 0 Å². The summed E-state index contributed by atoms with van der Waals surface area (Å²) >= 11 is 12.0. The molecular weight excluding hydrogens is 325 g/mol. The Labute approximate surface area is 142 Å². The lowest BCUT2D eigenvalue weighted by atomic mass is 10.1. The second kappa shape index (κ2) is 9.86. The molecule has 1 nitrogen and oxygen atoms in total. The minimum atomic E-state index is 0. The number of halogens is 3. The van der Waals surface area contributed by atoms with Crippen LogP contribution in [-0.2, 0) is 6.42 Å². The minimum absolute atomic E-state index is 0. The number of hydrogen-bond donors (Lipinski definition) is 1. The van der Waals surface area contributed by atoms with Crippen LogP contribution in [0.5, 0.6) is 0 Å². The van der Waals surface area contributed by atoms with Crippen molar-refractivity contribution in [2.45, 2.75) is 6.42 Å². The first-order chi connectivity index (χ1) is 9.75. The van der Waals surface area contributed by atoms with Gasteiger partial charge in [-0.3, -0.25) is 0 Å². The summed E-state index contributed by atoms with van der Waals surface area (Å²) < 4.78 is 0. The third-order valence-electron chi connectivity index (χ3n) is 2.96. The van der Waals surface area contributed by atoms with E-state index < -0.39 is 0 Å². The lowest BCUT2D eigenvalue weighted by molar-refractivity contribution is 0.746. The van der Waals surface area contributed by atoms with E-state index in [4.69, 9.17) is 23.2 Å². The van der Waals surface area contributed by atoms with Gasteiger partial charge in [0.05, 0.1) is 0 Å². The molecule has 2 aromatic carbocycles. The quantitative estimate of drug-likeness (QED) is 0.706. The van der Waals surface area contributed by atoms with Crippen molar-refractivity contribution in [3.8, 4) is 0 Å². The van der Waals surface area contributed by atoms with E-state index in [0.717, 1.165) is 30.1 Å². The monoisotopic (exact) mass is 341 g/mol. The van der Waals surface area contributed by atoms with Crippen LogP contribution in [0.15, 0.2) is 54.6 Å². The predicted molar refractivity (Wildman–Crippen MR) is 95.8 cm³/mol. The third-order valence-corrected chi connectivity index (χ3v) is 3.55. The van der Waals surface area contributed by atoms with E-state index in [1.807, 2.05) is 30.3 Å². The normalized spacial score (nSPS) is 10.6. The SMILES string of the molecule is Cl.Clc1ccc(CCNC/C=C/c2ccccc2)c(Cl)c1. The molecule has 112 valence electrons. The summed E-state index contributed by atoms with van der Waals surface area (Å²) in [4.78, 5) is 0. The third kappa shape index (κ3) is 6.54. The maximum atomic E-state index is 6.12. The zero-order chi connectivity index (χ0) is 14.2. The highest BCUT2D eigenvalue weighted by molar-refractivity contribution is 6.35. The molecule has 0 aliphatic carbocycles. The molecule has 0 aromatic heterocycles. The van der Waals surface area contributed by atoms with Gasteiger partial charge >= 0.3 is 0 Å². The van der Waals surface area contributed by atoms with Crippen LogP contribution >= 0.6 is 35.6 Å². The van der Waals surface area contributed by atoms with Crippen molar-refractivity contribution >= 4 is 41.7 Å². The Morgan fingerprint density at radius 2 is 1.76 bits per heavy atom. The summed E-state index contributed by atoms with van der Waals surface area (Å²) in [5.74, 6) is 0. The van der Waals surface area contributed by atoms with Gasteiger partial charge in [0.1, 0.15) is 0 Å². The molecule has 0 atom stereocenters. The van der Waals surface area contributed by atoms with Gasteiger partial charge in [0.15, 0.2) is 0 Å². The Hall–Kier alpha value is -0.990. The van der Waals surface area contributed by atoms with Crippen molar-refractivity contribution in [3.05, 3.63) is 75.8 Å². The fourth-order valence-electron chi connectivity index (χ4n) is 1.89. The standard InChI is InChI=1S/C17H17Cl2N.ClH/c18-16-9-8-15(17(19)13-16)10-12-20-11-4-7-14-5-2-1-3-6-14;/h1-9,13,20H,10-12H2;1H/b7-4+;. The fraction of sp³-hybridized carbons (Fsp3) is 0.176. The first kappa shape index (κ1) is 18.1. The first-order valence-corrected chi connectivity index (χ1v) is 7.37. The molecule has 21 heavy (non-hydrogen) atoms. The smallest absolute Gasteiger partial charge is 0.0453 e. The lowest BCUT2D eigenvalue weighted by Crippen LogP contribution is -2.17. The molecule has 4 heteroatoms. The van der Waals surface area contributed by atoms with E-state index >= 15 is 0 Å². The van der Waals surface area contributed by atoms with Crippen molar-refractivity contribution in [1.82, 2.24) is 5.32 Å². The van der Waals surface area contributed by atoms with E-state index in [9.17, 15) is 0 Å². The van der Waals surface area contributed by atoms with Crippen molar-refractivity contribution in [3.63, 3.8) is 0 Å². The zero-order valence-electron chi connectivity index (χ0n) is 11.6. The summed E-state index contributed by atoms with van der Waals surface area (Å²) in [6.45, 7) is 1.74. The molecule has 0 unspecified atom stereocenters. The maximum absolute atomic E-state index is 6.12. The molecule has 0 saturated heterocycles. The molecule has 0 bridgehead atoms. The second-order valence-corrected chi connectivity index (χ2v) is 5.35. The van der Waals surface area contributed by atoms with Gasteiger partial charge in [0.25, 0.3) is 0 Å². The molecule has 0 saturated carbocycles. The van der Waals surface area contributed by atoms with E-state index in [-0.39, 0.29) is 12.4 Å². The molecule has 1 N–H and O–H groups in total. The highest BCUT2D eigenvalue weighted by atomic mass is 35.5. The van der Waals surface area contributed by atoms with Crippen LogP contribution in [0.1, 0.15) is 11.1 Å². The predicted octanol–water partition coefficient (Wildman–Crippen LogP) is 5.26. The Bertz CT molecular complexity index is 568. The summed E-state index contributed by atoms with van der Waals surface area (Å²) in [6.07, 6.45) is 5.14. The summed E-state index contributed by atoms with van der Waals surface area (Å²) in [5.41, 5.74) is 2.34. The summed E-state index contributed by atoms with van der Waals surface area (Å²) in [7, 11) is 0. The van der Waals surface area contributed by atoms with Crippen molar-refractivity contribution in [2.24, 2.45) is 0 Å². The van der Waals surface area contributed by atoms with E-state index in [1.54, 1.807) is 6.07 Å². The second-order valence-electron chi connectivity index (χ2n) is 4.50. The van der Waals surface area contributed by atoms with Crippen LogP contribution in [0.4, 0.5) is 0 Å². The Balaban J connectivity index is 0.00000220. The molecule has 2 rings (SSSR count). The molecule has 0 radical (unpaired) electrons. The van der Waals surface area contributed by atoms with Crippen molar-refractivity contribution in [2.75, 3.05) is 13.1 Å². The van der Waals surface area contributed by atoms with Gasteiger partial charge < -0.3 is 5.32 Å². The van der Waals surface area contributed by atoms with Gasteiger partial charge in [-0.1, -0.05) is 71.8 Å². The highest BCUT2D eigenvalue weighted by Crippen LogP contribution is 2.20. The van der Waals surface area contributed by atoms with Gasteiger partial charge in [-0.25, -0.2) is 0 Å². The van der Waals surface area contributed by atoms with Crippen molar-refractivity contribution in [1.29, 1.82) is 0 Å². The highest BCUT2D eigenvalue weighted by Gasteiger charge is 2.00. The Kier molecular flexibility index (Phi) is 8.48. The summed E-state index contributed by atoms with van der Waals surface area (Å²) in [5, 5.41) is 4.78. The molecule has 0 heterocycles. The van der Waals surface area contributed by atoms with Crippen LogP contribution in [0.25, 0.3) is 6.08 Å². The van der Waals surface area contributed by atoms with E-state index in [0.29, 0.717) is 5.02 Å². The number of rotatable bonds is 6. The fourth-order valence-corrected chi connectivity index (χ4v) is 2.40. The van der Waals surface area contributed by atoms with Gasteiger partial charge in [0, 0.05) is 16.6 Å².